The highest BCUT2D eigenvalue weighted by molar-refractivity contribution is 14.1. The number of amides is 2. The standard InChI is InChI=1S/C29H25IN2O4/c1-35-24-14-17(15-31-32-28(33)25-19-9-10-20(12-11-19)26(25)29(32)34)13-23(30)27(24)36-16-21-7-4-6-18-5-2-3-8-22(18)21/h2-10,13-15,19-20,25-26H,11-12,16H2,1H3/b31-15-/t19-,20-,25+,26+/m0/s1. The topological polar surface area (TPSA) is 68.2 Å². The van der Waals surface area contributed by atoms with E-state index < -0.39 is 0 Å². The van der Waals surface area contributed by atoms with Crippen molar-refractivity contribution in [3.63, 3.8) is 0 Å². The van der Waals surface area contributed by atoms with E-state index in [9.17, 15) is 9.59 Å². The second kappa shape index (κ2) is 9.35. The van der Waals surface area contributed by atoms with Crippen molar-refractivity contribution in [2.24, 2.45) is 28.8 Å². The van der Waals surface area contributed by atoms with Crippen molar-refractivity contribution in [2.75, 3.05) is 7.11 Å². The van der Waals surface area contributed by atoms with Crippen LogP contribution < -0.4 is 9.47 Å². The van der Waals surface area contributed by atoms with Gasteiger partial charge in [-0.1, -0.05) is 54.6 Å². The lowest BCUT2D eigenvalue weighted by Gasteiger charge is -2.37. The molecule has 1 heterocycles. The number of allylic oxidation sites excluding steroid dienone is 2. The smallest absolute Gasteiger partial charge is 0.254 e. The number of nitrogens with zero attached hydrogens (tertiary/aromatic N) is 2. The molecule has 7 heteroatoms. The van der Waals surface area contributed by atoms with Gasteiger partial charge in [-0.2, -0.15) is 10.1 Å². The van der Waals surface area contributed by atoms with Gasteiger partial charge < -0.3 is 9.47 Å². The number of hydrazone groups is 1. The molecule has 1 aliphatic heterocycles. The number of hydrogen-bond donors (Lipinski definition) is 0. The number of halogens is 1. The summed E-state index contributed by atoms with van der Waals surface area (Å²) in [6.45, 7) is 0.400. The molecule has 3 aromatic carbocycles. The Morgan fingerprint density at radius 3 is 2.39 bits per heavy atom. The van der Waals surface area contributed by atoms with Gasteiger partial charge in [-0.15, -0.1) is 0 Å². The molecule has 0 radical (unpaired) electrons. The predicted octanol–water partition coefficient (Wildman–Crippen LogP) is 5.56. The molecule has 182 valence electrons. The zero-order valence-electron chi connectivity index (χ0n) is 19.8. The Labute approximate surface area is 223 Å². The minimum atomic E-state index is -0.266. The van der Waals surface area contributed by atoms with Crippen molar-refractivity contribution in [3.05, 3.63) is 81.4 Å². The van der Waals surface area contributed by atoms with Gasteiger partial charge in [0.1, 0.15) is 6.61 Å². The Balaban J connectivity index is 1.22. The number of ether oxygens (including phenoxy) is 2. The molecule has 2 fully saturated rings. The normalized spacial score (nSPS) is 24.7. The summed E-state index contributed by atoms with van der Waals surface area (Å²) < 4.78 is 12.7. The summed E-state index contributed by atoms with van der Waals surface area (Å²) in [5.41, 5.74) is 1.82. The fourth-order valence-corrected chi connectivity index (χ4v) is 6.60. The number of carbonyl (C=O) groups is 2. The third kappa shape index (κ3) is 3.89. The number of rotatable bonds is 6. The predicted molar refractivity (Wildman–Crippen MR) is 146 cm³/mol. The minimum Gasteiger partial charge on any atom is -0.493 e. The highest BCUT2D eigenvalue weighted by Gasteiger charge is 2.56. The van der Waals surface area contributed by atoms with Gasteiger partial charge in [-0.25, -0.2) is 0 Å². The van der Waals surface area contributed by atoms with Gasteiger partial charge in [0.05, 0.1) is 28.7 Å². The quantitative estimate of drug-likeness (QED) is 0.163. The Morgan fingerprint density at radius 1 is 1.00 bits per heavy atom. The van der Waals surface area contributed by atoms with Gasteiger partial charge in [-0.3, -0.25) is 9.59 Å². The maximum atomic E-state index is 13.0. The number of hydrogen-bond acceptors (Lipinski definition) is 5. The summed E-state index contributed by atoms with van der Waals surface area (Å²) in [7, 11) is 1.60. The van der Waals surface area contributed by atoms with Gasteiger partial charge in [0, 0.05) is 0 Å². The summed E-state index contributed by atoms with van der Waals surface area (Å²) in [5.74, 6) is 0.611. The Bertz CT molecular complexity index is 1390. The van der Waals surface area contributed by atoms with Gasteiger partial charge in [0.15, 0.2) is 11.5 Å². The van der Waals surface area contributed by atoms with Crippen molar-refractivity contribution < 1.29 is 19.1 Å². The van der Waals surface area contributed by atoms with Crippen LogP contribution in [0.25, 0.3) is 10.8 Å². The number of fused-ring (bicyclic) bond motifs is 2. The number of imide groups is 1. The first-order valence-corrected chi connectivity index (χ1v) is 13.2. The van der Waals surface area contributed by atoms with E-state index in [1.807, 2.05) is 30.3 Å². The largest absolute Gasteiger partial charge is 0.493 e. The zero-order chi connectivity index (χ0) is 24.8. The van der Waals surface area contributed by atoms with Crippen molar-refractivity contribution in [1.29, 1.82) is 0 Å². The van der Waals surface area contributed by atoms with E-state index in [1.165, 1.54) is 5.39 Å². The summed E-state index contributed by atoms with van der Waals surface area (Å²) in [6.07, 6.45) is 7.71. The monoisotopic (exact) mass is 592 g/mol. The molecule has 2 bridgehead atoms. The molecule has 2 amide bonds. The Kier molecular flexibility index (Phi) is 6.03. The molecule has 3 aromatic rings. The molecule has 7 rings (SSSR count). The van der Waals surface area contributed by atoms with E-state index in [2.05, 4.69) is 64.1 Å². The van der Waals surface area contributed by atoms with Crippen molar-refractivity contribution in [3.8, 4) is 11.5 Å². The number of benzene rings is 3. The minimum absolute atomic E-state index is 0.149. The van der Waals surface area contributed by atoms with Crippen LogP contribution in [-0.2, 0) is 16.2 Å². The molecule has 1 saturated heterocycles. The molecule has 4 atom stereocenters. The average Bonchev–Trinajstić information content (AvgIpc) is 3.18. The van der Waals surface area contributed by atoms with E-state index in [0.717, 1.165) is 37.9 Å². The third-order valence-electron chi connectivity index (χ3n) is 7.56. The fourth-order valence-electron chi connectivity index (χ4n) is 5.82. The van der Waals surface area contributed by atoms with Crippen LogP contribution >= 0.6 is 22.6 Å². The molecule has 3 aliphatic carbocycles. The lowest BCUT2D eigenvalue weighted by molar-refractivity contribution is -0.140. The van der Waals surface area contributed by atoms with Crippen LogP contribution in [0.1, 0.15) is 24.0 Å². The molecular weight excluding hydrogens is 567 g/mol. The summed E-state index contributed by atoms with van der Waals surface area (Å²) >= 11 is 2.21. The Hall–Kier alpha value is -3.20. The van der Waals surface area contributed by atoms with Crippen LogP contribution in [0, 0.1) is 27.2 Å². The van der Waals surface area contributed by atoms with E-state index in [-0.39, 0.29) is 35.5 Å². The lowest BCUT2D eigenvalue weighted by Crippen LogP contribution is -2.38. The SMILES string of the molecule is COc1cc(/C=N\N2C(=O)[C@H]3[C@H](C2=O)[C@H]2C=C[C@H]3CC2)cc(I)c1OCc1cccc2ccccc12. The van der Waals surface area contributed by atoms with Gasteiger partial charge in [0.2, 0.25) is 0 Å². The third-order valence-corrected chi connectivity index (χ3v) is 8.36. The molecule has 0 spiro atoms. The van der Waals surface area contributed by atoms with Crippen LogP contribution in [0.15, 0.2) is 71.9 Å². The van der Waals surface area contributed by atoms with E-state index in [0.29, 0.717) is 18.1 Å². The lowest BCUT2D eigenvalue weighted by atomic mass is 9.63. The van der Waals surface area contributed by atoms with Crippen LogP contribution in [-0.4, -0.2) is 30.1 Å². The van der Waals surface area contributed by atoms with Crippen molar-refractivity contribution in [2.45, 2.75) is 19.4 Å². The first-order valence-electron chi connectivity index (χ1n) is 12.1. The molecule has 1 saturated carbocycles. The first kappa shape index (κ1) is 23.2. The second-order valence-corrected chi connectivity index (χ2v) is 10.7. The molecule has 0 unspecified atom stereocenters. The Morgan fingerprint density at radius 2 is 1.69 bits per heavy atom. The number of carbonyl (C=O) groups excluding carboxylic acids is 2. The van der Waals surface area contributed by atoms with Crippen LogP contribution in [0.2, 0.25) is 0 Å². The molecular formula is C29H25IN2O4. The zero-order valence-corrected chi connectivity index (χ0v) is 21.9. The molecule has 6 nitrogen and oxygen atoms in total. The van der Waals surface area contributed by atoms with Crippen LogP contribution in [0.3, 0.4) is 0 Å². The maximum absolute atomic E-state index is 13.0. The highest BCUT2D eigenvalue weighted by atomic mass is 127. The summed E-state index contributed by atoms with van der Waals surface area (Å²) in [4.78, 5) is 26.1. The van der Waals surface area contributed by atoms with Gasteiger partial charge in [0.25, 0.3) is 11.8 Å². The van der Waals surface area contributed by atoms with Gasteiger partial charge in [-0.05, 0) is 81.3 Å². The van der Waals surface area contributed by atoms with Gasteiger partial charge >= 0.3 is 0 Å². The molecule has 4 aliphatic rings. The summed E-state index contributed by atoms with van der Waals surface area (Å²) in [6, 6.07) is 18.1. The highest BCUT2D eigenvalue weighted by Crippen LogP contribution is 2.49. The fraction of sp³-hybridized carbons (Fsp3) is 0.276. The van der Waals surface area contributed by atoms with E-state index in [1.54, 1.807) is 13.3 Å². The van der Waals surface area contributed by atoms with Crippen LogP contribution in [0.5, 0.6) is 11.5 Å². The average molecular weight is 592 g/mol. The summed E-state index contributed by atoms with van der Waals surface area (Å²) in [5, 5.41) is 7.74. The first-order chi connectivity index (χ1) is 17.5. The van der Waals surface area contributed by atoms with Crippen molar-refractivity contribution >= 4 is 51.4 Å². The van der Waals surface area contributed by atoms with E-state index >= 15 is 0 Å². The maximum Gasteiger partial charge on any atom is 0.254 e. The van der Waals surface area contributed by atoms with Crippen molar-refractivity contribution in [1.82, 2.24) is 5.01 Å². The number of methoxy groups -OCH3 is 1. The van der Waals surface area contributed by atoms with E-state index in [4.69, 9.17) is 9.47 Å². The molecule has 0 aromatic heterocycles. The van der Waals surface area contributed by atoms with Crippen LogP contribution in [0.4, 0.5) is 0 Å². The molecule has 36 heavy (non-hydrogen) atoms. The second-order valence-electron chi connectivity index (χ2n) is 9.54. The molecule has 0 N–H and O–H groups in total.